The number of ether oxygens (including phenoxy) is 2. The molecule has 0 spiro atoms. The van der Waals surface area contributed by atoms with Crippen LogP contribution in [0.15, 0.2) is 29.3 Å². The molecule has 0 fully saturated rings. The van der Waals surface area contributed by atoms with Gasteiger partial charge in [-0.2, -0.15) is 0 Å². The Morgan fingerprint density at radius 3 is 2.38 bits per heavy atom. The van der Waals surface area contributed by atoms with Crippen LogP contribution >= 0.6 is 0 Å². The molecule has 6 nitrogen and oxygen atoms in total. The molecule has 26 heavy (non-hydrogen) atoms. The van der Waals surface area contributed by atoms with E-state index in [-0.39, 0.29) is 12.7 Å². The van der Waals surface area contributed by atoms with Gasteiger partial charge in [-0.3, -0.25) is 4.99 Å². The highest BCUT2D eigenvalue weighted by molar-refractivity contribution is 5.79. The van der Waals surface area contributed by atoms with Crippen LogP contribution in [0.3, 0.4) is 0 Å². The smallest absolute Gasteiger partial charge is 0.191 e. The molecule has 0 aliphatic heterocycles. The van der Waals surface area contributed by atoms with Crippen LogP contribution in [-0.4, -0.2) is 50.5 Å². The minimum Gasteiger partial charge on any atom is -0.497 e. The third kappa shape index (κ3) is 8.94. The van der Waals surface area contributed by atoms with Crippen molar-refractivity contribution in [2.45, 2.75) is 46.1 Å². The number of rotatable bonds is 12. The molecule has 0 aliphatic rings. The van der Waals surface area contributed by atoms with Crippen molar-refractivity contribution in [2.75, 3.05) is 33.4 Å². The fraction of sp³-hybridized carbons (Fsp3) is 0.650. The first kappa shape index (κ1) is 22.1. The minimum absolute atomic E-state index is 0.00358. The van der Waals surface area contributed by atoms with Crippen LogP contribution in [0.4, 0.5) is 0 Å². The van der Waals surface area contributed by atoms with Crippen LogP contribution in [0.2, 0.25) is 0 Å². The van der Waals surface area contributed by atoms with E-state index in [4.69, 9.17) is 9.47 Å². The first-order chi connectivity index (χ1) is 12.6. The number of hydrogen-bond acceptors (Lipinski definition) is 4. The molecular formula is C20H35N3O3. The molecule has 0 heterocycles. The maximum absolute atomic E-state index is 9.18. The Bertz CT molecular complexity index is 500. The molecule has 0 aromatic heterocycles. The Hall–Kier alpha value is -1.95. The standard InChI is InChI=1S/C20H35N3O3/c1-5-7-17(12-13-24)15-23-20(21-6-2)22-14-16(3)26-19-10-8-18(25-4)9-11-19/h8-11,16-17,24H,5-7,12-15H2,1-4H3,(H2,21,22,23). The molecule has 2 unspecified atom stereocenters. The number of guanidine groups is 1. The topological polar surface area (TPSA) is 75.1 Å². The van der Waals surface area contributed by atoms with Crippen LogP contribution < -0.4 is 20.1 Å². The molecule has 2 atom stereocenters. The Labute approximate surface area is 158 Å². The average Bonchev–Trinajstić information content (AvgIpc) is 2.65. The van der Waals surface area contributed by atoms with Crippen molar-refractivity contribution < 1.29 is 14.6 Å². The molecular weight excluding hydrogens is 330 g/mol. The van der Waals surface area contributed by atoms with Gasteiger partial charge in [-0.25, -0.2) is 0 Å². The normalized spacial score (nSPS) is 13.8. The van der Waals surface area contributed by atoms with E-state index in [1.807, 2.05) is 38.1 Å². The van der Waals surface area contributed by atoms with Crippen molar-refractivity contribution in [1.82, 2.24) is 10.6 Å². The second-order valence-electron chi connectivity index (χ2n) is 6.37. The lowest BCUT2D eigenvalue weighted by Gasteiger charge is -2.19. The molecule has 0 bridgehead atoms. The third-order valence-electron chi connectivity index (χ3n) is 4.04. The Morgan fingerprint density at radius 1 is 1.12 bits per heavy atom. The first-order valence-electron chi connectivity index (χ1n) is 9.56. The highest BCUT2D eigenvalue weighted by atomic mass is 16.5. The zero-order chi connectivity index (χ0) is 19.2. The van der Waals surface area contributed by atoms with Crippen molar-refractivity contribution >= 4 is 5.96 Å². The SMILES string of the molecule is CCCC(CCO)CN=C(NCC)NCC(C)Oc1ccc(OC)cc1. The van der Waals surface area contributed by atoms with Crippen LogP contribution in [0.25, 0.3) is 0 Å². The summed E-state index contributed by atoms with van der Waals surface area (Å²) in [5.74, 6) is 2.84. The van der Waals surface area contributed by atoms with Crippen molar-refractivity contribution in [3.05, 3.63) is 24.3 Å². The van der Waals surface area contributed by atoms with E-state index in [2.05, 4.69) is 22.5 Å². The molecule has 148 valence electrons. The summed E-state index contributed by atoms with van der Waals surface area (Å²) in [5.41, 5.74) is 0. The summed E-state index contributed by atoms with van der Waals surface area (Å²) in [7, 11) is 1.65. The van der Waals surface area contributed by atoms with Gasteiger partial charge in [-0.05, 0) is 56.9 Å². The Kier molecular flexibility index (Phi) is 11.3. The molecule has 3 N–H and O–H groups in total. The summed E-state index contributed by atoms with van der Waals surface area (Å²) in [5, 5.41) is 15.8. The largest absolute Gasteiger partial charge is 0.497 e. The van der Waals surface area contributed by atoms with Gasteiger partial charge in [-0.15, -0.1) is 0 Å². The zero-order valence-corrected chi connectivity index (χ0v) is 16.6. The fourth-order valence-corrected chi connectivity index (χ4v) is 2.65. The van der Waals surface area contributed by atoms with Gasteiger partial charge in [-0.1, -0.05) is 13.3 Å². The van der Waals surface area contributed by atoms with Crippen molar-refractivity contribution in [1.29, 1.82) is 0 Å². The highest BCUT2D eigenvalue weighted by Crippen LogP contribution is 2.18. The van der Waals surface area contributed by atoms with Gasteiger partial charge in [0.2, 0.25) is 0 Å². The van der Waals surface area contributed by atoms with Crippen LogP contribution in [0.5, 0.6) is 11.5 Å². The van der Waals surface area contributed by atoms with Gasteiger partial charge < -0.3 is 25.2 Å². The molecule has 0 saturated carbocycles. The lowest BCUT2D eigenvalue weighted by molar-refractivity contribution is 0.223. The zero-order valence-electron chi connectivity index (χ0n) is 16.6. The predicted octanol–water partition coefficient (Wildman–Crippen LogP) is 2.82. The highest BCUT2D eigenvalue weighted by Gasteiger charge is 2.09. The van der Waals surface area contributed by atoms with Crippen LogP contribution in [-0.2, 0) is 0 Å². The quantitative estimate of drug-likeness (QED) is 0.392. The second kappa shape index (κ2) is 13.3. The first-order valence-corrected chi connectivity index (χ1v) is 9.56. The van der Waals surface area contributed by atoms with Gasteiger partial charge in [0.25, 0.3) is 0 Å². The molecule has 0 amide bonds. The summed E-state index contributed by atoms with van der Waals surface area (Å²) >= 11 is 0. The molecule has 0 aliphatic carbocycles. The third-order valence-corrected chi connectivity index (χ3v) is 4.04. The minimum atomic E-state index is -0.00358. The van der Waals surface area contributed by atoms with E-state index in [0.29, 0.717) is 12.5 Å². The van der Waals surface area contributed by atoms with E-state index in [9.17, 15) is 5.11 Å². The lowest BCUT2D eigenvalue weighted by atomic mass is 10.0. The Morgan fingerprint density at radius 2 is 1.81 bits per heavy atom. The van der Waals surface area contributed by atoms with Gasteiger partial charge in [0.05, 0.1) is 13.7 Å². The maximum atomic E-state index is 9.18. The summed E-state index contributed by atoms with van der Waals surface area (Å²) in [6.45, 7) is 8.62. The van der Waals surface area contributed by atoms with E-state index >= 15 is 0 Å². The van der Waals surface area contributed by atoms with Crippen molar-refractivity contribution in [2.24, 2.45) is 10.9 Å². The number of aliphatic imine (C=N–C) groups is 1. The van der Waals surface area contributed by atoms with Gasteiger partial charge in [0.15, 0.2) is 5.96 Å². The number of nitrogens with zero attached hydrogens (tertiary/aromatic N) is 1. The molecule has 1 rings (SSSR count). The van der Waals surface area contributed by atoms with E-state index in [0.717, 1.165) is 49.8 Å². The number of benzene rings is 1. The van der Waals surface area contributed by atoms with E-state index < -0.39 is 0 Å². The number of nitrogens with one attached hydrogen (secondary N) is 2. The predicted molar refractivity (Wildman–Crippen MR) is 107 cm³/mol. The average molecular weight is 366 g/mol. The number of aliphatic hydroxyl groups is 1. The lowest BCUT2D eigenvalue weighted by Crippen LogP contribution is -2.42. The van der Waals surface area contributed by atoms with Gasteiger partial charge >= 0.3 is 0 Å². The van der Waals surface area contributed by atoms with Gasteiger partial charge in [0.1, 0.15) is 17.6 Å². The van der Waals surface area contributed by atoms with Crippen molar-refractivity contribution in [3.8, 4) is 11.5 Å². The van der Waals surface area contributed by atoms with E-state index in [1.54, 1.807) is 7.11 Å². The Balaban J connectivity index is 2.50. The number of hydrogen-bond donors (Lipinski definition) is 3. The summed E-state index contributed by atoms with van der Waals surface area (Å²) < 4.78 is 11.1. The van der Waals surface area contributed by atoms with Crippen LogP contribution in [0, 0.1) is 5.92 Å². The summed E-state index contributed by atoms with van der Waals surface area (Å²) in [4.78, 5) is 4.66. The maximum Gasteiger partial charge on any atom is 0.191 e. The summed E-state index contributed by atoms with van der Waals surface area (Å²) in [6, 6.07) is 7.57. The molecule has 0 saturated heterocycles. The fourth-order valence-electron chi connectivity index (χ4n) is 2.65. The number of aliphatic hydroxyl groups excluding tert-OH is 1. The van der Waals surface area contributed by atoms with Crippen molar-refractivity contribution in [3.63, 3.8) is 0 Å². The van der Waals surface area contributed by atoms with E-state index in [1.165, 1.54) is 0 Å². The van der Waals surface area contributed by atoms with Crippen LogP contribution in [0.1, 0.15) is 40.0 Å². The molecule has 6 heteroatoms. The monoisotopic (exact) mass is 365 g/mol. The second-order valence-corrected chi connectivity index (χ2v) is 6.37. The number of methoxy groups -OCH3 is 1. The molecule has 1 aromatic carbocycles. The molecule has 1 aromatic rings. The van der Waals surface area contributed by atoms with Gasteiger partial charge in [0, 0.05) is 19.7 Å². The summed E-state index contributed by atoms with van der Waals surface area (Å²) in [6.07, 6.45) is 2.99. The molecule has 0 radical (unpaired) electrons.